The number of aliphatic hydroxyl groups is 1. The average Bonchev–Trinajstić information content (AvgIpc) is 2.13. The van der Waals surface area contributed by atoms with Gasteiger partial charge in [0.25, 0.3) is 0 Å². The van der Waals surface area contributed by atoms with E-state index >= 15 is 0 Å². The summed E-state index contributed by atoms with van der Waals surface area (Å²) in [6, 6.07) is 0. The molecule has 9 heavy (non-hydrogen) atoms. The van der Waals surface area contributed by atoms with E-state index in [0.29, 0.717) is 4.83 Å². The Morgan fingerprint density at radius 1 is 1.78 bits per heavy atom. The summed E-state index contributed by atoms with van der Waals surface area (Å²) >= 11 is 3.45. The van der Waals surface area contributed by atoms with Crippen LogP contribution in [0.2, 0.25) is 0 Å². The van der Waals surface area contributed by atoms with E-state index < -0.39 is 0 Å². The predicted octanol–water partition coefficient (Wildman–Crippen LogP) is 0.920. The van der Waals surface area contributed by atoms with E-state index in [1.165, 1.54) is 0 Å². The minimum atomic E-state index is 0.0596. The highest BCUT2D eigenvalue weighted by atomic mass is 79.9. The second kappa shape index (κ2) is 2.99. The van der Waals surface area contributed by atoms with Gasteiger partial charge in [-0.25, -0.2) is 0 Å². The molecule has 0 saturated carbocycles. The van der Waals surface area contributed by atoms with Crippen LogP contribution in [0.15, 0.2) is 0 Å². The van der Waals surface area contributed by atoms with Crippen LogP contribution in [0.1, 0.15) is 13.3 Å². The molecule has 0 spiro atoms. The third-order valence-electron chi connectivity index (χ3n) is 1.61. The van der Waals surface area contributed by atoms with Gasteiger partial charge in [-0.3, -0.25) is 0 Å². The number of aliphatic hydroxyl groups excluding tert-OH is 1. The third-order valence-corrected chi connectivity index (χ3v) is 2.73. The Hall–Kier alpha value is 0.400. The third kappa shape index (κ3) is 1.66. The molecule has 0 aromatic rings. The van der Waals surface area contributed by atoms with Gasteiger partial charge in [0.1, 0.15) is 0 Å². The average molecular weight is 195 g/mol. The van der Waals surface area contributed by atoms with E-state index in [-0.39, 0.29) is 18.8 Å². The fourth-order valence-corrected chi connectivity index (χ4v) is 1.55. The van der Waals surface area contributed by atoms with Crippen molar-refractivity contribution in [3.8, 4) is 0 Å². The molecule has 54 valence electrons. The molecular weight excluding hydrogens is 184 g/mol. The lowest BCUT2D eigenvalue weighted by atomic mass is 10.2. The van der Waals surface area contributed by atoms with Crippen LogP contribution in [0.5, 0.6) is 0 Å². The molecule has 0 radical (unpaired) electrons. The molecule has 1 unspecified atom stereocenters. The molecule has 1 N–H and O–H groups in total. The van der Waals surface area contributed by atoms with E-state index in [9.17, 15) is 0 Å². The van der Waals surface area contributed by atoms with Crippen LogP contribution >= 0.6 is 15.9 Å². The zero-order chi connectivity index (χ0) is 6.85. The van der Waals surface area contributed by atoms with Gasteiger partial charge < -0.3 is 9.84 Å². The summed E-state index contributed by atoms with van der Waals surface area (Å²) < 4.78 is 5.33. The van der Waals surface area contributed by atoms with Crippen LogP contribution in [0, 0.1) is 0 Å². The number of halogens is 1. The molecule has 1 rings (SSSR count). The Morgan fingerprint density at radius 3 is 2.67 bits per heavy atom. The Labute approximate surface area is 63.3 Å². The Bertz CT molecular complexity index is 87.1. The summed E-state index contributed by atoms with van der Waals surface area (Å²) in [7, 11) is 0. The van der Waals surface area contributed by atoms with Crippen molar-refractivity contribution in [2.45, 2.75) is 30.4 Å². The lowest BCUT2D eigenvalue weighted by Gasteiger charge is -2.05. The summed E-state index contributed by atoms with van der Waals surface area (Å²) in [4.78, 5) is 0.426. The standard InChI is InChI=1S/C6H11BrO2/c1-4-6(7)2-5(3-8)9-4/h4-6,8H,2-3H2,1H3/t4-,5?,6+/m0/s1. The molecule has 0 aliphatic carbocycles. The van der Waals surface area contributed by atoms with Gasteiger partial charge in [0, 0.05) is 4.83 Å². The summed E-state index contributed by atoms with van der Waals surface area (Å²) in [6.07, 6.45) is 1.24. The Kier molecular flexibility index (Phi) is 2.50. The van der Waals surface area contributed by atoms with Gasteiger partial charge in [0.05, 0.1) is 18.8 Å². The first-order valence-corrected chi connectivity index (χ1v) is 4.06. The van der Waals surface area contributed by atoms with E-state index in [0.717, 1.165) is 6.42 Å². The summed E-state index contributed by atoms with van der Waals surface area (Å²) in [6.45, 7) is 2.15. The molecule has 1 aliphatic rings. The van der Waals surface area contributed by atoms with Gasteiger partial charge >= 0.3 is 0 Å². The van der Waals surface area contributed by atoms with Gasteiger partial charge in [-0.05, 0) is 13.3 Å². The Morgan fingerprint density at radius 2 is 2.44 bits per heavy atom. The first kappa shape index (κ1) is 7.51. The largest absolute Gasteiger partial charge is 0.394 e. The molecule has 3 heteroatoms. The van der Waals surface area contributed by atoms with Crippen LogP contribution in [0.25, 0.3) is 0 Å². The SMILES string of the molecule is C[C@@H]1OC(CO)C[C@H]1Br. The number of ether oxygens (including phenoxy) is 1. The van der Waals surface area contributed by atoms with Crippen molar-refractivity contribution in [3.63, 3.8) is 0 Å². The van der Waals surface area contributed by atoms with E-state index in [2.05, 4.69) is 15.9 Å². The van der Waals surface area contributed by atoms with Crippen molar-refractivity contribution in [3.05, 3.63) is 0 Å². The highest BCUT2D eigenvalue weighted by Crippen LogP contribution is 2.25. The lowest BCUT2D eigenvalue weighted by Crippen LogP contribution is -2.12. The summed E-state index contributed by atoms with van der Waals surface area (Å²) in [5, 5.41) is 8.66. The molecule has 1 heterocycles. The highest BCUT2D eigenvalue weighted by Gasteiger charge is 2.29. The quantitative estimate of drug-likeness (QED) is 0.630. The summed E-state index contributed by atoms with van der Waals surface area (Å²) in [5.74, 6) is 0. The molecule has 1 aliphatic heterocycles. The maximum Gasteiger partial charge on any atom is 0.0821 e. The van der Waals surface area contributed by atoms with E-state index in [1.54, 1.807) is 0 Å². The molecule has 0 aromatic heterocycles. The van der Waals surface area contributed by atoms with Crippen molar-refractivity contribution >= 4 is 15.9 Å². The number of alkyl halides is 1. The van der Waals surface area contributed by atoms with Crippen molar-refractivity contribution in [1.29, 1.82) is 0 Å². The van der Waals surface area contributed by atoms with Crippen molar-refractivity contribution in [2.75, 3.05) is 6.61 Å². The molecule has 0 amide bonds. The number of rotatable bonds is 1. The minimum Gasteiger partial charge on any atom is -0.394 e. The van der Waals surface area contributed by atoms with Crippen LogP contribution < -0.4 is 0 Å². The fraction of sp³-hybridized carbons (Fsp3) is 1.00. The molecule has 1 fully saturated rings. The van der Waals surface area contributed by atoms with Gasteiger partial charge in [-0.1, -0.05) is 15.9 Å². The van der Waals surface area contributed by atoms with Gasteiger partial charge in [-0.15, -0.1) is 0 Å². The molecule has 1 saturated heterocycles. The van der Waals surface area contributed by atoms with E-state index in [1.807, 2.05) is 6.92 Å². The second-order valence-corrected chi connectivity index (χ2v) is 3.57. The predicted molar refractivity (Wildman–Crippen MR) is 38.8 cm³/mol. The molecular formula is C6H11BrO2. The lowest BCUT2D eigenvalue weighted by molar-refractivity contribution is 0.0206. The topological polar surface area (TPSA) is 29.5 Å². The number of hydrogen-bond donors (Lipinski definition) is 1. The first-order chi connectivity index (χ1) is 4.24. The second-order valence-electron chi connectivity index (χ2n) is 2.40. The maximum absolute atomic E-state index is 8.66. The van der Waals surface area contributed by atoms with Crippen molar-refractivity contribution in [2.24, 2.45) is 0 Å². The minimum absolute atomic E-state index is 0.0596. The van der Waals surface area contributed by atoms with Gasteiger partial charge in [0.2, 0.25) is 0 Å². The number of hydrogen-bond acceptors (Lipinski definition) is 2. The van der Waals surface area contributed by atoms with Crippen molar-refractivity contribution in [1.82, 2.24) is 0 Å². The molecule has 0 aromatic carbocycles. The normalized spacial score (nSPS) is 43.7. The zero-order valence-corrected chi connectivity index (χ0v) is 6.97. The molecule has 0 bridgehead atoms. The van der Waals surface area contributed by atoms with E-state index in [4.69, 9.17) is 9.84 Å². The monoisotopic (exact) mass is 194 g/mol. The zero-order valence-electron chi connectivity index (χ0n) is 5.38. The Balaban J connectivity index is 2.35. The smallest absolute Gasteiger partial charge is 0.0821 e. The van der Waals surface area contributed by atoms with Crippen LogP contribution in [-0.4, -0.2) is 28.7 Å². The summed E-state index contributed by atoms with van der Waals surface area (Å²) in [5.41, 5.74) is 0. The molecule has 3 atom stereocenters. The highest BCUT2D eigenvalue weighted by molar-refractivity contribution is 9.09. The van der Waals surface area contributed by atoms with Crippen LogP contribution in [0.3, 0.4) is 0 Å². The van der Waals surface area contributed by atoms with Crippen LogP contribution in [0.4, 0.5) is 0 Å². The fourth-order valence-electron chi connectivity index (χ4n) is 1.00. The van der Waals surface area contributed by atoms with Gasteiger partial charge in [-0.2, -0.15) is 0 Å². The molecule has 2 nitrogen and oxygen atoms in total. The van der Waals surface area contributed by atoms with Crippen LogP contribution in [-0.2, 0) is 4.74 Å². The first-order valence-electron chi connectivity index (χ1n) is 3.14. The van der Waals surface area contributed by atoms with Gasteiger partial charge in [0.15, 0.2) is 0 Å². The maximum atomic E-state index is 8.66. The van der Waals surface area contributed by atoms with Crippen molar-refractivity contribution < 1.29 is 9.84 Å².